The Kier molecular flexibility index (Phi) is 9.16. The summed E-state index contributed by atoms with van der Waals surface area (Å²) in [5.74, 6) is 1.32. The Labute approximate surface area is 126 Å². The first-order valence-electron chi connectivity index (χ1n) is 7.30. The van der Waals surface area contributed by atoms with E-state index in [-0.39, 0.29) is 11.9 Å². The SMILES string of the molecule is CSCCCCCNC(=O)CCC(N)c1ccccc1. The van der Waals surface area contributed by atoms with Crippen LogP contribution in [0.25, 0.3) is 0 Å². The number of nitrogens with one attached hydrogen (secondary N) is 1. The maximum Gasteiger partial charge on any atom is 0.220 e. The van der Waals surface area contributed by atoms with Crippen molar-refractivity contribution in [3.8, 4) is 0 Å². The number of unbranched alkanes of at least 4 members (excludes halogenated alkanes) is 2. The van der Waals surface area contributed by atoms with Gasteiger partial charge in [0.2, 0.25) is 5.91 Å². The van der Waals surface area contributed by atoms with Crippen LogP contribution in [0.15, 0.2) is 30.3 Å². The van der Waals surface area contributed by atoms with E-state index in [0.29, 0.717) is 12.8 Å². The predicted molar refractivity (Wildman–Crippen MR) is 87.8 cm³/mol. The van der Waals surface area contributed by atoms with Gasteiger partial charge in [-0.1, -0.05) is 36.8 Å². The molecule has 0 heterocycles. The molecule has 0 radical (unpaired) electrons. The van der Waals surface area contributed by atoms with Crippen LogP contribution in [0, 0.1) is 0 Å². The van der Waals surface area contributed by atoms with Crippen LogP contribution in [0.1, 0.15) is 43.7 Å². The number of hydrogen-bond donors (Lipinski definition) is 2. The van der Waals surface area contributed by atoms with Gasteiger partial charge in [-0.2, -0.15) is 11.8 Å². The number of carbonyl (C=O) groups excluding carboxylic acids is 1. The molecule has 1 amide bonds. The molecule has 20 heavy (non-hydrogen) atoms. The van der Waals surface area contributed by atoms with E-state index in [4.69, 9.17) is 5.73 Å². The Hall–Kier alpha value is -1.00. The molecule has 3 nitrogen and oxygen atoms in total. The number of hydrogen-bond acceptors (Lipinski definition) is 3. The van der Waals surface area contributed by atoms with Crippen LogP contribution in [-0.2, 0) is 4.79 Å². The lowest BCUT2D eigenvalue weighted by molar-refractivity contribution is -0.121. The molecule has 0 spiro atoms. The second-order valence-corrected chi connectivity index (χ2v) is 5.94. The summed E-state index contributed by atoms with van der Waals surface area (Å²) < 4.78 is 0. The van der Waals surface area contributed by atoms with Crippen molar-refractivity contribution in [2.24, 2.45) is 5.73 Å². The molecule has 1 atom stereocenters. The molecule has 0 aliphatic carbocycles. The zero-order chi connectivity index (χ0) is 14.6. The number of rotatable bonds is 10. The summed E-state index contributed by atoms with van der Waals surface area (Å²) in [6, 6.07) is 9.89. The second kappa shape index (κ2) is 10.7. The molecule has 4 heteroatoms. The third kappa shape index (κ3) is 7.56. The molecule has 1 aromatic rings. The van der Waals surface area contributed by atoms with E-state index in [2.05, 4.69) is 11.6 Å². The monoisotopic (exact) mass is 294 g/mol. The molecule has 0 saturated heterocycles. The highest BCUT2D eigenvalue weighted by atomic mass is 32.2. The van der Waals surface area contributed by atoms with Crippen molar-refractivity contribution in [2.75, 3.05) is 18.6 Å². The summed E-state index contributed by atoms with van der Waals surface area (Å²) in [6.45, 7) is 0.786. The largest absolute Gasteiger partial charge is 0.356 e. The van der Waals surface area contributed by atoms with Crippen LogP contribution in [0.3, 0.4) is 0 Å². The highest BCUT2D eigenvalue weighted by molar-refractivity contribution is 7.98. The highest BCUT2D eigenvalue weighted by Crippen LogP contribution is 2.14. The first-order valence-corrected chi connectivity index (χ1v) is 8.69. The molecule has 3 N–H and O–H groups in total. The Balaban J connectivity index is 2.08. The van der Waals surface area contributed by atoms with Gasteiger partial charge in [-0.15, -0.1) is 0 Å². The molecule has 112 valence electrons. The van der Waals surface area contributed by atoms with Gasteiger partial charge in [0.25, 0.3) is 0 Å². The first-order chi connectivity index (χ1) is 9.74. The molecule has 1 aromatic carbocycles. The van der Waals surface area contributed by atoms with E-state index in [9.17, 15) is 4.79 Å². The summed E-state index contributed by atoms with van der Waals surface area (Å²) in [5.41, 5.74) is 7.17. The van der Waals surface area contributed by atoms with E-state index in [0.717, 1.165) is 18.5 Å². The number of amides is 1. The van der Waals surface area contributed by atoms with Crippen molar-refractivity contribution in [1.82, 2.24) is 5.32 Å². The van der Waals surface area contributed by atoms with Gasteiger partial charge in [-0.25, -0.2) is 0 Å². The van der Waals surface area contributed by atoms with E-state index in [1.807, 2.05) is 42.1 Å². The lowest BCUT2D eigenvalue weighted by atomic mass is 10.0. The Morgan fingerprint density at radius 2 is 2.00 bits per heavy atom. The van der Waals surface area contributed by atoms with Gasteiger partial charge >= 0.3 is 0 Å². The minimum Gasteiger partial charge on any atom is -0.356 e. The molecule has 0 aliphatic heterocycles. The van der Waals surface area contributed by atoms with E-state index < -0.39 is 0 Å². The first kappa shape index (κ1) is 17.1. The Bertz CT molecular complexity index is 370. The lowest BCUT2D eigenvalue weighted by Crippen LogP contribution is -2.25. The summed E-state index contributed by atoms with van der Waals surface area (Å²) in [5, 5.41) is 2.97. The molecule has 0 aromatic heterocycles. The van der Waals surface area contributed by atoms with Gasteiger partial charge in [0, 0.05) is 19.0 Å². The average molecular weight is 294 g/mol. The third-order valence-corrected chi connectivity index (χ3v) is 3.95. The fraction of sp³-hybridized carbons (Fsp3) is 0.562. The van der Waals surface area contributed by atoms with Gasteiger partial charge in [0.1, 0.15) is 0 Å². The van der Waals surface area contributed by atoms with Gasteiger partial charge in [0.15, 0.2) is 0 Å². The standard InChI is InChI=1S/C16H26N2OS/c1-20-13-7-3-6-12-18-16(19)11-10-15(17)14-8-4-2-5-9-14/h2,4-5,8-9,15H,3,6-7,10-13,17H2,1H3,(H,18,19). The summed E-state index contributed by atoms with van der Waals surface area (Å²) >= 11 is 1.87. The summed E-state index contributed by atoms with van der Waals surface area (Å²) in [4.78, 5) is 11.7. The van der Waals surface area contributed by atoms with Crippen molar-refractivity contribution < 1.29 is 4.79 Å². The minimum absolute atomic E-state index is 0.0523. The summed E-state index contributed by atoms with van der Waals surface area (Å²) in [6.07, 6.45) is 6.80. The van der Waals surface area contributed by atoms with Gasteiger partial charge in [0.05, 0.1) is 0 Å². The normalized spacial score (nSPS) is 12.1. The molecule has 0 fully saturated rings. The molecular formula is C16H26N2OS. The lowest BCUT2D eigenvalue weighted by Gasteiger charge is -2.11. The molecule has 0 bridgehead atoms. The zero-order valence-electron chi connectivity index (χ0n) is 12.3. The average Bonchev–Trinajstić information content (AvgIpc) is 2.49. The summed E-state index contributed by atoms with van der Waals surface area (Å²) in [7, 11) is 0. The van der Waals surface area contributed by atoms with Crippen molar-refractivity contribution in [3.05, 3.63) is 35.9 Å². The third-order valence-electron chi connectivity index (χ3n) is 3.26. The van der Waals surface area contributed by atoms with Gasteiger partial charge in [-0.3, -0.25) is 4.79 Å². The van der Waals surface area contributed by atoms with Crippen LogP contribution >= 0.6 is 11.8 Å². The van der Waals surface area contributed by atoms with E-state index in [1.54, 1.807) is 0 Å². The van der Waals surface area contributed by atoms with Crippen molar-refractivity contribution in [3.63, 3.8) is 0 Å². The van der Waals surface area contributed by atoms with Gasteiger partial charge < -0.3 is 11.1 Å². The maximum atomic E-state index is 11.7. The van der Waals surface area contributed by atoms with Crippen LogP contribution in [0.4, 0.5) is 0 Å². The molecule has 1 rings (SSSR count). The molecular weight excluding hydrogens is 268 g/mol. The number of nitrogens with two attached hydrogens (primary N) is 1. The minimum atomic E-state index is -0.0523. The molecule has 1 unspecified atom stereocenters. The van der Waals surface area contributed by atoms with Gasteiger partial charge in [-0.05, 0) is 36.8 Å². The van der Waals surface area contributed by atoms with Crippen molar-refractivity contribution in [2.45, 2.75) is 38.1 Å². The fourth-order valence-corrected chi connectivity index (χ4v) is 2.51. The van der Waals surface area contributed by atoms with E-state index >= 15 is 0 Å². The fourth-order valence-electron chi connectivity index (χ4n) is 2.02. The number of carbonyl (C=O) groups is 1. The van der Waals surface area contributed by atoms with Crippen molar-refractivity contribution in [1.29, 1.82) is 0 Å². The van der Waals surface area contributed by atoms with Crippen LogP contribution < -0.4 is 11.1 Å². The smallest absolute Gasteiger partial charge is 0.220 e. The Morgan fingerprint density at radius 3 is 2.70 bits per heavy atom. The van der Waals surface area contributed by atoms with Crippen molar-refractivity contribution >= 4 is 17.7 Å². The zero-order valence-corrected chi connectivity index (χ0v) is 13.1. The molecule has 0 saturated carbocycles. The quantitative estimate of drug-likeness (QED) is 0.652. The van der Waals surface area contributed by atoms with E-state index in [1.165, 1.54) is 18.6 Å². The predicted octanol–water partition coefficient (Wildman–Crippen LogP) is 3.12. The van der Waals surface area contributed by atoms with Crippen LogP contribution in [0.2, 0.25) is 0 Å². The van der Waals surface area contributed by atoms with Crippen LogP contribution in [-0.4, -0.2) is 24.5 Å². The van der Waals surface area contributed by atoms with Crippen LogP contribution in [0.5, 0.6) is 0 Å². The Morgan fingerprint density at radius 1 is 1.25 bits per heavy atom. The highest BCUT2D eigenvalue weighted by Gasteiger charge is 2.08. The topological polar surface area (TPSA) is 55.1 Å². The maximum absolute atomic E-state index is 11.7. The number of thioether (sulfide) groups is 1. The second-order valence-electron chi connectivity index (χ2n) is 4.96. The molecule has 0 aliphatic rings. The number of benzene rings is 1.